The molecule has 1 fully saturated rings. The fourth-order valence-corrected chi connectivity index (χ4v) is 3.68. The van der Waals surface area contributed by atoms with Crippen molar-refractivity contribution < 1.29 is 0 Å². The van der Waals surface area contributed by atoms with Gasteiger partial charge in [-0.2, -0.15) is 0 Å². The SMILES string of the molecule is Cc1sc2ccccc2c1C1CCCN1. The molecule has 2 heteroatoms. The Labute approximate surface area is 94.1 Å². The van der Waals surface area contributed by atoms with E-state index in [2.05, 4.69) is 36.5 Å². The average molecular weight is 217 g/mol. The summed E-state index contributed by atoms with van der Waals surface area (Å²) in [7, 11) is 0. The Morgan fingerprint density at radius 1 is 1.33 bits per heavy atom. The second-order valence-electron chi connectivity index (χ2n) is 4.22. The molecule has 0 radical (unpaired) electrons. The topological polar surface area (TPSA) is 12.0 Å². The van der Waals surface area contributed by atoms with Crippen LogP contribution in [0.5, 0.6) is 0 Å². The molecule has 1 aliphatic rings. The number of benzene rings is 1. The van der Waals surface area contributed by atoms with Crippen LogP contribution >= 0.6 is 11.3 Å². The molecular weight excluding hydrogens is 202 g/mol. The monoisotopic (exact) mass is 217 g/mol. The average Bonchev–Trinajstić information content (AvgIpc) is 2.82. The Kier molecular flexibility index (Phi) is 2.26. The quantitative estimate of drug-likeness (QED) is 0.769. The summed E-state index contributed by atoms with van der Waals surface area (Å²) in [6.45, 7) is 3.42. The van der Waals surface area contributed by atoms with Crippen LogP contribution in [0.1, 0.15) is 29.3 Å². The van der Waals surface area contributed by atoms with Crippen LogP contribution in [-0.4, -0.2) is 6.54 Å². The number of aryl methyl sites for hydroxylation is 1. The van der Waals surface area contributed by atoms with Crippen molar-refractivity contribution in [3.63, 3.8) is 0 Å². The van der Waals surface area contributed by atoms with Crippen molar-refractivity contribution in [2.75, 3.05) is 6.54 Å². The van der Waals surface area contributed by atoms with E-state index in [0.717, 1.165) is 0 Å². The first-order valence-corrected chi connectivity index (χ1v) is 6.39. The van der Waals surface area contributed by atoms with Gasteiger partial charge in [-0.3, -0.25) is 0 Å². The first-order chi connectivity index (χ1) is 7.36. The molecule has 1 aromatic carbocycles. The molecule has 0 saturated carbocycles. The van der Waals surface area contributed by atoms with Crippen molar-refractivity contribution in [2.45, 2.75) is 25.8 Å². The lowest BCUT2D eigenvalue weighted by atomic mass is 10.0. The first kappa shape index (κ1) is 9.37. The molecule has 2 heterocycles. The van der Waals surface area contributed by atoms with Crippen LogP contribution in [0.3, 0.4) is 0 Å². The van der Waals surface area contributed by atoms with Crippen molar-refractivity contribution >= 4 is 21.4 Å². The largest absolute Gasteiger partial charge is 0.310 e. The summed E-state index contributed by atoms with van der Waals surface area (Å²) in [5.41, 5.74) is 1.55. The van der Waals surface area contributed by atoms with Crippen molar-refractivity contribution in [1.29, 1.82) is 0 Å². The minimum absolute atomic E-state index is 0.598. The molecule has 0 bridgehead atoms. The fraction of sp³-hybridized carbons (Fsp3) is 0.385. The Hall–Kier alpha value is -0.860. The maximum Gasteiger partial charge on any atom is 0.0349 e. The maximum atomic E-state index is 3.60. The smallest absolute Gasteiger partial charge is 0.0349 e. The molecule has 1 atom stereocenters. The van der Waals surface area contributed by atoms with E-state index in [-0.39, 0.29) is 0 Å². The molecule has 3 rings (SSSR count). The predicted octanol–water partition coefficient (Wildman–Crippen LogP) is 3.63. The molecule has 1 aromatic heterocycles. The van der Waals surface area contributed by atoms with E-state index in [0.29, 0.717) is 6.04 Å². The van der Waals surface area contributed by atoms with Crippen molar-refractivity contribution in [1.82, 2.24) is 5.32 Å². The second kappa shape index (κ2) is 3.62. The van der Waals surface area contributed by atoms with Gasteiger partial charge in [-0.05, 0) is 43.3 Å². The zero-order chi connectivity index (χ0) is 10.3. The zero-order valence-corrected chi connectivity index (χ0v) is 9.73. The molecule has 0 spiro atoms. The Morgan fingerprint density at radius 3 is 3.00 bits per heavy atom. The lowest BCUT2D eigenvalue weighted by Gasteiger charge is -2.10. The molecule has 1 saturated heterocycles. The van der Waals surface area contributed by atoms with Gasteiger partial charge in [0.15, 0.2) is 0 Å². The third kappa shape index (κ3) is 1.48. The van der Waals surface area contributed by atoms with Crippen molar-refractivity contribution in [2.24, 2.45) is 0 Å². The summed E-state index contributed by atoms with van der Waals surface area (Å²) in [6, 6.07) is 9.36. The highest BCUT2D eigenvalue weighted by atomic mass is 32.1. The van der Waals surface area contributed by atoms with Gasteiger partial charge in [0.05, 0.1) is 0 Å². The van der Waals surface area contributed by atoms with Gasteiger partial charge in [0.1, 0.15) is 0 Å². The highest BCUT2D eigenvalue weighted by Gasteiger charge is 2.21. The van der Waals surface area contributed by atoms with Crippen LogP contribution in [0.2, 0.25) is 0 Å². The third-order valence-electron chi connectivity index (χ3n) is 3.23. The minimum atomic E-state index is 0.598. The van der Waals surface area contributed by atoms with Gasteiger partial charge in [0.25, 0.3) is 0 Å². The van der Waals surface area contributed by atoms with Crippen LogP contribution in [0, 0.1) is 6.92 Å². The maximum absolute atomic E-state index is 3.60. The van der Waals surface area contributed by atoms with Crippen LogP contribution in [0.15, 0.2) is 24.3 Å². The number of hydrogen-bond donors (Lipinski definition) is 1. The fourth-order valence-electron chi connectivity index (χ4n) is 2.55. The Balaban J connectivity index is 2.19. The second-order valence-corrected chi connectivity index (χ2v) is 5.47. The van der Waals surface area contributed by atoms with E-state index >= 15 is 0 Å². The van der Waals surface area contributed by atoms with Crippen molar-refractivity contribution in [3.05, 3.63) is 34.7 Å². The molecule has 15 heavy (non-hydrogen) atoms. The molecule has 78 valence electrons. The summed E-state index contributed by atoms with van der Waals surface area (Å²) in [4.78, 5) is 1.48. The molecule has 0 aliphatic carbocycles. The number of fused-ring (bicyclic) bond motifs is 1. The highest BCUT2D eigenvalue weighted by molar-refractivity contribution is 7.19. The van der Waals surface area contributed by atoms with Gasteiger partial charge >= 0.3 is 0 Å². The third-order valence-corrected chi connectivity index (χ3v) is 4.33. The van der Waals surface area contributed by atoms with Gasteiger partial charge < -0.3 is 5.32 Å². The van der Waals surface area contributed by atoms with Crippen LogP contribution in [0.25, 0.3) is 10.1 Å². The molecule has 1 aliphatic heterocycles. The molecule has 0 amide bonds. The van der Waals surface area contributed by atoms with E-state index in [9.17, 15) is 0 Å². The lowest BCUT2D eigenvalue weighted by molar-refractivity contribution is 0.651. The van der Waals surface area contributed by atoms with E-state index in [1.54, 1.807) is 5.56 Å². The standard InChI is InChI=1S/C13H15NS/c1-9-13(11-6-4-8-14-11)10-5-2-3-7-12(10)15-9/h2-3,5,7,11,14H,4,6,8H2,1H3. The normalized spacial score (nSPS) is 21.3. The Bertz CT molecular complexity index is 480. The van der Waals surface area contributed by atoms with Crippen LogP contribution in [-0.2, 0) is 0 Å². The van der Waals surface area contributed by atoms with Gasteiger partial charge in [-0.15, -0.1) is 11.3 Å². The van der Waals surface area contributed by atoms with Gasteiger partial charge in [0, 0.05) is 15.6 Å². The van der Waals surface area contributed by atoms with E-state index in [4.69, 9.17) is 0 Å². The van der Waals surface area contributed by atoms with Gasteiger partial charge in [0.2, 0.25) is 0 Å². The molecular formula is C13H15NS. The van der Waals surface area contributed by atoms with E-state index in [1.807, 2.05) is 11.3 Å². The van der Waals surface area contributed by atoms with Crippen LogP contribution < -0.4 is 5.32 Å². The summed E-state index contributed by atoms with van der Waals surface area (Å²) in [5.74, 6) is 0. The predicted molar refractivity (Wildman–Crippen MR) is 66.5 cm³/mol. The minimum Gasteiger partial charge on any atom is -0.310 e. The summed E-state index contributed by atoms with van der Waals surface area (Å²) >= 11 is 1.93. The number of nitrogens with one attached hydrogen (secondary N) is 1. The number of hydrogen-bond acceptors (Lipinski definition) is 2. The lowest BCUT2D eigenvalue weighted by Crippen LogP contribution is -2.13. The summed E-state index contributed by atoms with van der Waals surface area (Å²) in [6.07, 6.45) is 2.61. The molecule has 1 nitrogen and oxygen atoms in total. The Morgan fingerprint density at radius 2 is 2.20 bits per heavy atom. The molecule has 1 N–H and O–H groups in total. The zero-order valence-electron chi connectivity index (χ0n) is 8.92. The summed E-state index contributed by atoms with van der Waals surface area (Å²) < 4.78 is 1.43. The molecule has 1 unspecified atom stereocenters. The van der Waals surface area contributed by atoms with Crippen LogP contribution in [0.4, 0.5) is 0 Å². The summed E-state index contributed by atoms with van der Waals surface area (Å²) in [5, 5.41) is 5.06. The van der Waals surface area contributed by atoms with Crippen molar-refractivity contribution in [3.8, 4) is 0 Å². The van der Waals surface area contributed by atoms with Gasteiger partial charge in [-0.1, -0.05) is 18.2 Å². The number of thiophene rings is 1. The van der Waals surface area contributed by atoms with E-state index in [1.165, 1.54) is 34.3 Å². The number of rotatable bonds is 1. The van der Waals surface area contributed by atoms with E-state index < -0.39 is 0 Å². The first-order valence-electron chi connectivity index (χ1n) is 5.57. The molecule has 2 aromatic rings. The van der Waals surface area contributed by atoms with Gasteiger partial charge in [-0.25, -0.2) is 0 Å². The highest BCUT2D eigenvalue weighted by Crippen LogP contribution is 2.37.